The average molecular weight is 521 g/mol. The highest BCUT2D eigenvalue weighted by Crippen LogP contribution is 2.38. The summed E-state index contributed by atoms with van der Waals surface area (Å²) in [6, 6.07) is 20.2. The minimum atomic E-state index is -0.966. The first-order valence-corrected chi connectivity index (χ1v) is 12.8. The summed E-state index contributed by atoms with van der Waals surface area (Å²) >= 11 is 0. The average Bonchev–Trinajstić information content (AvgIpc) is 3.15. The highest BCUT2D eigenvalue weighted by atomic mass is 19.2. The number of carbonyl (C=O) groups is 2. The van der Waals surface area contributed by atoms with Crippen LogP contribution < -0.4 is 9.64 Å². The number of carbonyl (C=O) groups excluding carboxylic acids is 2. The van der Waals surface area contributed by atoms with Crippen LogP contribution in [0.15, 0.2) is 72.8 Å². The fourth-order valence-corrected chi connectivity index (χ4v) is 5.56. The first-order valence-electron chi connectivity index (χ1n) is 12.8. The molecule has 38 heavy (non-hydrogen) atoms. The van der Waals surface area contributed by atoms with E-state index in [-0.39, 0.29) is 17.7 Å². The minimum absolute atomic E-state index is 0.177. The molecule has 0 aliphatic carbocycles. The smallest absolute Gasteiger partial charge is 0.328 e. The number of rotatable bonds is 5. The second-order valence-electron chi connectivity index (χ2n) is 9.63. The molecule has 1 saturated heterocycles. The van der Waals surface area contributed by atoms with Gasteiger partial charge in [0.05, 0.1) is 25.3 Å². The fraction of sp³-hybridized carbons (Fsp3) is 0.333. The van der Waals surface area contributed by atoms with E-state index in [4.69, 9.17) is 9.47 Å². The molecule has 2 aliphatic rings. The number of hydrogen-bond acceptors (Lipinski definition) is 5. The number of fused-ring (bicyclic) bond motifs is 1. The minimum Gasteiger partial charge on any atom is -0.491 e. The van der Waals surface area contributed by atoms with Crippen molar-refractivity contribution in [1.29, 1.82) is 0 Å². The Morgan fingerprint density at radius 3 is 2.21 bits per heavy atom. The van der Waals surface area contributed by atoms with Crippen molar-refractivity contribution in [1.82, 2.24) is 4.90 Å². The third-order valence-electron chi connectivity index (χ3n) is 7.40. The molecule has 3 aromatic carbocycles. The van der Waals surface area contributed by atoms with Crippen LogP contribution >= 0.6 is 0 Å². The Balaban J connectivity index is 1.46. The molecular formula is C30H30F2N2O4. The molecule has 3 aromatic rings. The van der Waals surface area contributed by atoms with Crippen molar-refractivity contribution in [3.8, 4) is 5.75 Å². The Bertz CT molecular complexity index is 1250. The molecule has 0 N–H and O–H groups in total. The summed E-state index contributed by atoms with van der Waals surface area (Å²) in [5.74, 6) is -2.90. The SMILES string of the molecule is COC(=O)C1CC(N2CCCOc3cc(F)c(F)cc32)CCN1C(=O)C(c1ccccc1)c1ccccc1. The van der Waals surface area contributed by atoms with Crippen LogP contribution in [0.2, 0.25) is 0 Å². The van der Waals surface area contributed by atoms with E-state index in [0.717, 1.165) is 23.3 Å². The molecule has 8 heteroatoms. The Morgan fingerprint density at radius 1 is 0.947 bits per heavy atom. The van der Waals surface area contributed by atoms with Gasteiger partial charge in [-0.05, 0) is 30.4 Å². The topological polar surface area (TPSA) is 59.1 Å². The van der Waals surface area contributed by atoms with Gasteiger partial charge < -0.3 is 19.3 Å². The van der Waals surface area contributed by atoms with E-state index in [0.29, 0.717) is 44.6 Å². The molecule has 2 atom stereocenters. The number of anilines is 1. The van der Waals surface area contributed by atoms with Gasteiger partial charge in [0.2, 0.25) is 5.91 Å². The van der Waals surface area contributed by atoms with Gasteiger partial charge in [0.15, 0.2) is 11.6 Å². The van der Waals surface area contributed by atoms with Gasteiger partial charge in [0.25, 0.3) is 0 Å². The Hall–Kier alpha value is -3.94. The van der Waals surface area contributed by atoms with Crippen molar-refractivity contribution >= 4 is 17.6 Å². The molecule has 1 amide bonds. The monoisotopic (exact) mass is 520 g/mol. The van der Waals surface area contributed by atoms with Crippen molar-refractivity contribution < 1.29 is 27.8 Å². The van der Waals surface area contributed by atoms with Gasteiger partial charge in [-0.2, -0.15) is 0 Å². The Kier molecular flexibility index (Phi) is 7.58. The van der Waals surface area contributed by atoms with Gasteiger partial charge in [-0.1, -0.05) is 60.7 Å². The number of piperidine rings is 1. The van der Waals surface area contributed by atoms with Gasteiger partial charge >= 0.3 is 5.97 Å². The molecule has 0 saturated carbocycles. The lowest BCUT2D eigenvalue weighted by Gasteiger charge is -2.44. The molecule has 0 radical (unpaired) electrons. The maximum absolute atomic E-state index is 14.2. The van der Waals surface area contributed by atoms with Crippen molar-refractivity contribution in [2.75, 3.05) is 31.7 Å². The largest absolute Gasteiger partial charge is 0.491 e. The molecule has 1 fully saturated rings. The lowest BCUT2D eigenvalue weighted by Crippen LogP contribution is -2.56. The zero-order chi connectivity index (χ0) is 26.6. The third kappa shape index (κ3) is 5.08. The van der Waals surface area contributed by atoms with Gasteiger partial charge in [0.1, 0.15) is 11.8 Å². The Labute approximate surface area is 220 Å². The highest BCUT2D eigenvalue weighted by Gasteiger charge is 2.42. The van der Waals surface area contributed by atoms with Crippen LogP contribution in [-0.4, -0.2) is 55.7 Å². The third-order valence-corrected chi connectivity index (χ3v) is 7.40. The summed E-state index contributed by atoms with van der Waals surface area (Å²) in [5, 5.41) is 0. The van der Waals surface area contributed by atoms with Gasteiger partial charge in [-0.3, -0.25) is 4.79 Å². The molecule has 0 aromatic heterocycles. The van der Waals surface area contributed by atoms with E-state index < -0.39 is 29.6 Å². The zero-order valence-corrected chi connectivity index (χ0v) is 21.2. The predicted molar refractivity (Wildman–Crippen MR) is 139 cm³/mol. The quantitative estimate of drug-likeness (QED) is 0.447. The van der Waals surface area contributed by atoms with Crippen molar-refractivity contribution in [3.63, 3.8) is 0 Å². The first kappa shape index (κ1) is 25.7. The van der Waals surface area contributed by atoms with E-state index in [2.05, 4.69) is 0 Å². The molecule has 5 rings (SSSR count). The number of esters is 1. The van der Waals surface area contributed by atoms with Crippen LogP contribution in [0.3, 0.4) is 0 Å². The summed E-state index contributed by atoms with van der Waals surface area (Å²) in [7, 11) is 1.31. The van der Waals surface area contributed by atoms with E-state index >= 15 is 0 Å². The number of benzene rings is 3. The summed E-state index contributed by atoms with van der Waals surface area (Å²) < 4.78 is 39.0. The zero-order valence-electron chi connectivity index (χ0n) is 21.2. The number of ether oxygens (including phenoxy) is 2. The van der Waals surface area contributed by atoms with E-state index in [1.54, 1.807) is 4.90 Å². The predicted octanol–water partition coefficient (Wildman–Crippen LogP) is 4.92. The molecule has 198 valence electrons. The van der Waals surface area contributed by atoms with Gasteiger partial charge in [-0.15, -0.1) is 0 Å². The number of likely N-dealkylation sites (tertiary alicyclic amines) is 1. The molecule has 2 heterocycles. The lowest BCUT2D eigenvalue weighted by molar-refractivity contribution is -0.155. The van der Waals surface area contributed by atoms with Crippen LogP contribution in [0.25, 0.3) is 0 Å². The maximum Gasteiger partial charge on any atom is 0.328 e. The van der Waals surface area contributed by atoms with Crippen LogP contribution in [0.1, 0.15) is 36.3 Å². The number of methoxy groups -OCH3 is 1. The fourth-order valence-electron chi connectivity index (χ4n) is 5.56. The highest BCUT2D eigenvalue weighted by molar-refractivity contribution is 5.91. The molecule has 0 spiro atoms. The normalized spacial score (nSPS) is 19.4. The molecular weight excluding hydrogens is 490 g/mol. The van der Waals surface area contributed by atoms with E-state index in [1.807, 2.05) is 65.6 Å². The van der Waals surface area contributed by atoms with Crippen LogP contribution in [0, 0.1) is 11.6 Å². The molecule has 6 nitrogen and oxygen atoms in total. The molecule has 2 unspecified atom stereocenters. The summed E-state index contributed by atoms with van der Waals surface area (Å²) in [6.07, 6.45) is 1.51. The second-order valence-corrected chi connectivity index (χ2v) is 9.63. The summed E-state index contributed by atoms with van der Waals surface area (Å²) in [6.45, 7) is 1.25. The van der Waals surface area contributed by atoms with Crippen molar-refractivity contribution in [2.45, 2.75) is 37.3 Å². The van der Waals surface area contributed by atoms with Gasteiger partial charge in [-0.25, -0.2) is 13.6 Å². The summed E-state index contributed by atoms with van der Waals surface area (Å²) in [4.78, 5) is 30.8. The van der Waals surface area contributed by atoms with Crippen molar-refractivity contribution in [2.24, 2.45) is 0 Å². The molecule has 2 aliphatic heterocycles. The van der Waals surface area contributed by atoms with Crippen LogP contribution in [0.4, 0.5) is 14.5 Å². The second kappa shape index (κ2) is 11.2. The summed E-state index contributed by atoms with van der Waals surface area (Å²) in [5.41, 5.74) is 2.14. The number of nitrogens with zero attached hydrogens (tertiary/aromatic N) is 2. The number of amides is 1. The first-order chi connectivity index (χ1) is 18.5. The molecule has 0 bridgehead atoms. The van der Waals surface area contributed by atoms with E-state index in [1.165, 1.54) is 7.11 Å². The van der Waals surface area contributed by atoms with Gasteiger partial charge in [0, 0.05) is 31.3 Å². The standard InChI is InChI=1S/C30H30F2N2O4/c1-37-30(36)26-17-22(33-14-8-16-38-27-19-24(32)23(31)18-25(27)33)13-15-34(26)29(35)28(20-9-4-2-5-10-20)21-11-6-3-7-12-21/h2-7,9-12,18-19,22,26,28H,8,13-17H2,1H3. The maximum atomic E-state index is 14.2. The Morgan fingerprint density at radius 2 is 1.58 bits per heavy atom. The van der Waals surface area contributed by atoms with Crippen LogP contribution in [0.5, 0.6) is 5.75 Å². The van der Waals surface area contributed by atoms with E-state index in [9.17, 15) is 18.4 Å². The number of halogens is 2. The van der Waals surface area contributed by atoms with Crippen molar-refractivity contribution in [3.05, 3.63) is 95.6 Å². The lowest BCUT2D eigenvalue weighted by atomic mass is 9.87. The number of hydrogen-bond donors (Lipinski definition) is 0. The van der Waals surface area contributed by atoms with Crippen LogP contribution in [-0.2, 0) is 14.3 Å².